The van der Waals surface area contributed by atoms with Crippen LogP contribution in [0.4, 0.5) is 5.69 Å². The third-order valence-corrected chi connectivity index (χ3v) is 4.24. The highest BCUT2D eigenvalue weighted by atomic mass is 16.5. The highest BCUT2D eigenvalue weighted by Crippen LogP contribution is 2.28. The van der Waals surface area contributed by atoms with Gasteiger partial charge in [0.05, 0.1) is 6.61 Å². The van der Waals surface area contributed by atoms with E-state index in [2.05, 4.69) is 5.32 Å². The quantitative estimate of drug-likeness (QED) is 0.824. The number of benzene rings is 2. The lowest BCUT2D eigenvalue weighted by Crippen LogP contribution is -2.26. The molecule has 2 aromatic rings. The van der Waals surface area contributed by atoms with Crippen molar-refractivity contribution in [1.29, 1.82) is 0 Å². The van der Waals surface area contributed by atoms with Crippen molar-refractivity contribution < 1.29 is 14.3 Å². The Morgan fingerprint density at radius 3 is 2.72 bits per heavy atom. The lowest BCUT2D eigenvalue weighted by molar-refractivity contribution is -0.116. The summed E-state index contributed by atoms with van der Waals surface area (Å²) in [5.41, 5.74) is 2.60. The molecule has 130 valence electrons. The molecule has 0 aromatic heterocycles. The SMILES string of the molecule is CC(=O)N1CCc2cc(C(=O)NCCCOc3ccccc3)ccc21. The lowest BCUT2D eigenvalue weighted by atomic mass is 10.1. The number of rotatable bonds is 6. The maximum atomic E-state index is 12.3. The molecule has 1 aliphatic rings. The van der Waals surface area contributed by atoms with Crippen LogP contribution in [0.3, 0.4) is 0 Å². The summed E-state index contributed by atoms with van der Waals surface area (Å²) >= 11 is 0. The number of anilines is 1. The standard InChI is InChI=1S/C20H22N2O3/c1-15(23)22-12-10-16-14-17(8-9-19(16)22)20(24)21-11-5-13-25-18-6-3-2-4-7-18/h2-4,6-9,14H,5,10-13H2,1H3,(H,21,24). The van der Waals surface area contributed by atoms with Gasteiger partial charge in [0.1, 0.15) is 5.75 Å². The van der Waals surface area contributed by atoms with Crippen LogP contribution < -0.4 is 15.0 Å². The Morgan fingerprint density at radius 1 is 1.16 bits per heavy atom. The number of fused-ring (bicyclic) bond motifs is 1. The molecule has 0 spiro atoms. The molecule has 1 N–H and O–H groups in total. The van der Waals surface area contributed by atoms with Crippen LogP contribution in [0.15, 0.2) is 48.5 Å². The highest BCUT2D eigenvalue weighted by Gasteiger charge is 2.22. The molecule has 0 unspecified atom stereocenters. The smallest absolute Gasteiger partial charge is 0.251 e. The van der Waals surface area contributed by atoms with Gasteiger partial charge in [0.15, 0.2) is 0 Å². The van der Waals surface area contributed by atoms with E-state index < -0.39 is 0 Å². The number of hydrogen-bond donors (Lipinski definition) is 1. The Morgan fingerprint density at radius 2 is 1.96 bits per heavy atom. The van der Waals surface area contributed by atoms with Gasteiger partial charge in [-0.05, 0) is 48.7 Å². The largest absolute Gasteiger partial charge is 0.494 e. The molecule has 3 rings (SSSR count). The Labute approximate surface area is 147 Å². The Kier molecular flexibility index (Phi) is 5.33. The molecule has 1 heterocycles. The Hall–Kier alpha value is -2.82. The molecule has 2 aromatic carbocycles. The van der Waals surface area contributed by atoms with E-state index in [0.29, 0.717) is 25.3 Å². The maximum Gasteiger partial charge on any atom is 0.251 e. The molecule has 0 aliphatic carbocycles. The molecule has 0 saturated heterocycles. The fourth-order valence-corrected chi connectivity index (χ4v) is 2.95. The van der Waals surface area contributed by atoms with E-state index in [1.54, 1.807) is 17.9 Å². The first kappa shape index (κ1) is 17.0. The van der Waals surface area contributed by atoms with Crippen LogP contribution >= 0.6 is 0 Å². The van der Waals surface area contributed by atoms with Crippen LogP contribution in [0.5, 0.6) is 5.75 Å². The number of nitrogens with zero attached hydrogens (tertiary/aromatic N) is 1. The zero-order chi connectivity index (χ0) is 17.6. The Balaban J connectivity index is 1.47. The molecule has 1 aliphatic heterocycles. The van der Waals surface area contributed by atoms with E-state index in [1.165, 1.54) is 0 Å². The van der Waals surface area contributed by atoms with Crippen molar-refractivity contribution in [2.24, 2.45) is 0 Å². The molecule has 0 atom stereocenters. The second-order valence-electron chi connectivity index (χ2n) is 6.04. The monoisotopic (exact) mass is 338 g/mol. The number of nitrogens with one attached hydrogen (secondary N) is 1. The summed E-state index contributed by atoms with van der Waals surface area (Å²) in [4.78, 5) is 25.6. The van der Waals surface area contributed by atoms with Gasteiger partial charge in [-0.2, -0.15) is 0 Å². The van der Waals surface area contributed by atoms with Gasteiger partial charge in [-0.25, -0.2) is 0 Å². The number of para-hydroxylation sites is 1. The van der Waals surface area contributed by atoms with E-state index in [0.717, 1.165) is 29.8 Å². The van der Waals surface area contributed by atoms with E-state index in [1.807, 2.05) is 42.5 Å². The summed E-state index contributed by atoms with van der Waals surface area (Å²) in [5.74, 6) is 0.778. The number of carbonyl (C=O) groups is 2. The van der Waals surface area contributed by atoms with Crippen molar-refractivity contribution >= 4 is 17.5 Å². The van der Waals surface area contributed by atoms with E-state index in [9.17, 15) is 9.59 Å². The van der Waals surface area contributed by atoms with Crippen molar-refractivity contribution in [1.82, 2.24) is 5.32 Å². The average molecular weight is 338 g/mol. The maximum absolute atomic E-state index is 12.3. The third-order valence-electron chi connectivity index (χ3n) is 4.24. The first-order chi connectivity index (χ1) is 12.1. The fourth-order valence-electron chi connectivity index (χ4n) is 2.95. The summed E-state index contributed by atoms with van der Waals surface area (Å²) < 4.78 is 5.60. The van der Waals surface area contributed by atoms with Gasteiger partial charge in [-0.3, -0.25) is 9.59 Å². The van der Waals surface area contributed by atoms with Crippen LogP contribution in [0.1, 0.15) is 29.3 Å². The van der Waals surface area contributed by atoms with Crippen molar-refractivity contribution in [2.75, 3.05) is 24.6 Å². The molecule has 5 heteroatoms. The minimum absolute atomic E-state index is 0.0365. The topological polar surface area (TPSA) is 58.6 Å². The molecule has 0 saturated carbocycles. The molecular weight excluding hydrogens is 316 g/mol. The number of ether oxygens (including phenoxy) is 1. The van der Waals surface area contributed by atoms with Gasteiger partial charge in [0, 0.05) is 31.3 Å². The first-order valence-corrected chi connectivity index (χ1v) is 8.52. The minimum atomic E-state index is -0.0937. The summed E-state index contributed by atoms with van der Waals surface area (Å²) in [6.07, 6.45) is 1.53. The summed E-state index contributed by atoms with van der Waals surface area (Å²) in [6, 6.07) is 15.1. The predicted octanol–water partition coefficient (Wildman–Crippen LogP) is 2.79. The molecule has 5 nitrogen and oxygen atoms in total. The second-order valence-corrected chi connectivity index (χ2v) is 6.04. The van der Waals surface area contributed by atoms with Crippen LogP contribution in [-0.2, 0) is 11.2 Å². The van der Waals surface area contributed by atoms with Crippen molar-refractivity contribution in [3.8, 4) is 5.75 Å². The number of hydrogen-bond acceptors (Lipinski definition) is 3. The number of carbonyl (C=O) groups excluding carboxylic acids is 2. The second kappa shape index (κ2) is 7.83. The zero-order valence-electron chi connectivity index (χ0n) is 14.3. The molecule has 0 fully saturated rings. The van der Waals surface area contributed by atoms with Crippen LogP contribution in [0.25, 0.3) is 0 Å². The molecule has 2 amide bonds. The first-order valence-electron chi connectivity index (χ1n) is 8.52. The van der Waals surface area contributed by atoms with Gasteiger partial charge < -0.3 is 15.0 Å². The van der Waals surface area contributed by atoms with E-state index in [4.69, 9.17) is 4.74 Å². The summed E-state index contributed by atoms with van der Waals surface area (Å²) in [7, 11) is 0. The fraction of sp³-hybridized carbons (Fsp3) is 0.300. The molecule has 0 bridgehead atoms. The van der Waals surface area contributed by atoms with Gasteiger partial charge in [-0.15, -0.1) is 0 Å². The van der Waals surface area contributed by atoms with Crippen molar-refractivity contribution in [2.45, 2.75) is 19.8 Å². The number of amides is 2. The zero-order valence-corrected chi connectivity index (χ0v) is 14.3. The van der Waals surface area contributed by atoms with Crippen LogP contribution in [0.2, 0.25) is 0 Å². The van der Waals surface area contributed by atoms with Gasteiger partial charge >= 0.3 is 0 Å². The van der Waals surface area contributed by atoms with Crippen LogP contribution in [-0.4, -0.2) is 31.5 Å². The van der Waals surface area contributed by atoms with E-state index >= 15 is 0 Å². The Bertz CT molecular complexity index is 759. The van der Waals surface area contributed by atoms with Crippen molar-refractivity contribution in [3.63, 3.8) is 0 Å². The molecule has 25 heavy (non-hydrogen) atoms. The van der Waals surface area contributed by atoms with Crippen molar-refractivity contribution in [3.05, 3.63) is 59.7 Å². The normalized spacial score (nSPS) is 12.6. The highest BCUT2D eigenvalue weighted by molar-refractivity contribution is 5.97. The summed E-state index contributed by atoms with van der Waals surface area (Å²) in [5, 5.41) is 2.91. The lowest BCUT2D eigenvalue weighted by Gasteiger charge is -2.14. The third kappa shape index (κ3) is 4.18. The van der Waals surface area contributed by atoms with Gasteiger partial charge in [0.25, 0.3) is 5.91 Å². The van der Waals surface area contributed by atoms with Gasteiger partial charge in [0.2, 0.25) is 5.91 Å². The molecular formula is C20H22N2O3. The minimum Gasteiger partial charge on any atom is -0.494 e. The predicted molar refractivity (Wildman–Crippen MR) is 97.1 cm³/mol. The molecule has 0 radical (unpaired) electrons. The average Bonchev–Trinajstić information content (AvgIpc) is 3.05. The van der Waals surface area contributed by atoms with E-state index in [-0.39, 0.29) is 11.8 Å². The summed E-state index contributed by atoms with van der Waals surface area (Å²) in [6.45, 7) is 3.37. The van der Waals surface area contributed by atoms with Crippen LogP contribution in [0, 0.1) is 0 Å². The van der Waals surface area contributed by atoms with Gasteiger partial charge in [-0.1, -0.05) is 18.2 Å².